The van der Waals surface area contributed by atoms with Gasteiger partial charge in [0.1, 0.15) is 18.0 Å². The summed E-state index contributed by atoms with van der Waals surface area (Å²) >= 11 is 0. The van der Waals surface area contributed by atoms with Gasteiger partial charge < -0.3 is 10.6 Å². The summed E-state index contributed by atoms with van der Waals surface area (Å²) in [4.78, 5) is 8.86. The van der Waals surface area contributed by atoms with E-state index in [-0.39, 0.29) is 0 Å². The Balaban J connectivity index is 2.05. The van der Waals surface area contributed by atoms with E-state index in [9.17, 15) is 0 Å². The van der Waals surface area contributed by atoms with E-state index in [0.717, 1.165) is 49.9 Å². The monoisotopic (exact) mass is 276 g/mol. The van der Waals surface area contributed by atoms with Gasteiger partial charge in [-0.1, -0.05) is 34.1 Å². The topological polar surface area (TPSA) is 49.8 Å². The van der Waals surface area contributed by atoms with Crippen molar-refractivity contribution < 1.29 is 0 Å². The normalized spacial score (nSPS) is 19.7. The molecule has 0 bridgehead atoms. The van der Waals surface area contributed by atoms with Gasteiger partial charge in [0.2, 0.25) is 0 Å². The van der Waals surface area contributed by atoms with Crippen LogP contribution in [0.15, 0.2) is 6.33 Å². The molecule has 4 nitrogen and oxygen atoms in total. The average Bonchev–Trinajstić information content (AvgIpc) is 3.03. The lowest BCUT2D eigenvalue weighted by Gasteiger charge is -2.15. The zero-order chi connectivity index (χ0) is 14.6. The van der Waals surface area contributed by atoms with Gasteiger partial charge in [-0.15, -0.1) is 0 Å². The first-order valence-corrected chi connectivity index (χ1v) is 7.90. The largest absolute Gasteiger partial charge is 0.370 e. The third-order valence-corrected chi connectivity index (χ3v) is 4.22. The van der Waals surface area contributed by atoms with Crippen LogP contribution < -0.4 is 10.6 Å². The second kappa shape index (κ2) is 6.42. The lowest BCUT2D eigenvalue weighted by atomic mass is 10.1. The molecule has 1 aromatic heterocycles. The number of hydrogen-bond acceptors (Lipinski definition) is 4. The highest BCUT2D eigenvalue weighted by molar-refractivity contribution is 5.57. The fraction of sp³-hybridized carbons (Fsp3) is 0.750. The fourth-order valence-electron chi connectivity index (χ4n) is 2.59. The molecule has 1 aliphatic carbocycles. The fourth-order valence-corrected chi connectivity index (χ4v) is 2.59. The molecule has 0 aliphatic heterocycles. The average molecular weight is 276 g/mol. The maximum absolute atomic E-state index is 4.45. The first-order chi connectivity index (χ1) is 9.58. The van der Waals surface area contributed by atoms with E-state index in [1.54, 1.807) is 6.33 Å². The molecule has 4 heteroatoms. The number of aromatic nitrogens is 2. The highest BCUT2D eigenvalue weighted by Crippen LogP contribution is 2.51. The molecule has 2 N–H and O–H groups in total. The van der Waals surface area contributed by atoms with E-state index in [1.165, 1.54) is 12.0 Å². The quantitative estimate of drug-likeness (QED) is 0.760. The standard InChI is InChI=1S/C16H28N4/c1-5-7-13-14(17-8-6-2)19-11-20-15(13)18-10-12-9-16(12,3)4/h11-12H,5-10H2,1-4H3,(H2,17,18,19,20). The van der Waals surface area contributed by atoms with Crippen LogP contribution in [0.2, 0.25) is 0 Å². The van der Waals surface area contributed by atoms with Crippen LogP contribution >= 0.6 is 0 Å². The molecule has 1 unspecified atom stereocenters. The molecule has 0 radical (unpaired) electrons. The molecule has 1 fully saturated rings. The lowest BCUT2D eigenvalue weighted by molar-refractivity contribution is 0.572. The molecule has 0 aromatic carbocycles. The summed E-state index contributed by atoms with van der Waals surface area (Å²) in [5, 5.41) is 6.96. The molecule has 2 rings (SSSR count). The van der Waals surface area contributed by atoms with Crippen LogP contribution in [-0.4, -0.2) is 23.1 Å². The van der Waals surface area contributed by atoms with Crippen LogP contribution in [0.4, 0.5) is 11.6 Å². The Kier molecular flexibility index (Phi) is 4.84. The van der Waals surface area contributed by atoms with Gasteiger partial charge in [0.25, 0.3) is 0 Å². The molecule has 1 atom stereocenters. The van der Waals surface area contributed by atoms with Crippen molar-refractivity contribution in [3.63, 3.8) is 0 Å². The zero-order valence-electron chi connectivity index (χ0n) is 13.3. The Hall–Kier alpha value is -1.32. The van der Waals surface area contributed by atoms with Crippen molar-refractivity contribution in [2.24, 2.45) is 11.3 Å². The van der Waals surface area contributed by atoms with E-state index in [1.807, 2.05) is 0 Å². The summed E-state index contributed by atoms with van der Waals surface area (Å²) in [5.74, 6) is 2.79. The minimum atomic E-state index is 0.508. The van der Waals surface area contributed by atoms with Gasteiger partial charge in [-0.25, -0.2) is 9.97 Å². The van der Waals surface area contributed by atoms with Crippen LogP contribution in [0.3, 0.4) is 0 Å². The van der Waals surface area contributed by atoms with Gasteiger partial charge in [0.15, 0.2) is 0 Å². The van der Waals surface area contributed by atoms with Crippen molar-refractivity contribution in [3.05, 3.63) is 11.9 Å². The second-order valence-corrected chi connectivity index (χ2v) is 6.50. The first kappa shape index (κ1) is 15.1. The molecular formula is C16H28N4. The number of nitrogens with zero attached hydrogens (tertiary/aromatic N) is 2. The van der Waals surface area contributed by atoms with Gasteiger partial charge in [0.05, 0.1) is 0 Å². The van der Waals surface area contributed by atoms with Crippen LogP contribution in [0.25, 0.3) is 0 Å². The molecule has 1 heterocycles. The van der Waals surface area contributed by atoms with E-state index >= 15 is 0 Å². The third-order valence-electron chi connectivity index (χ3n) is 4.22. The van der Waals surface area contributed by atoms with Crippen molar-refractivity contribution in [3.8, 4) is 0 Å². The van der Waals surface area contributed by atoms with Crippen molar-refractivity contribution >= 4 is 11.6 Å². The highest BCUT2D eigenvalue weighted by Gasteiger charge is 2.45. The predicted octanol–water partition coefficient (Wildman–Crippen LogP) is 3.71. The van der Waals surface area contributed by atoms with Gasteiger partial charge in [-0.05, 0) is 30.6 Å². The number of rotatable bonds is 8. The van der Waals surface area contributed by atoms with Crippen molar-refractivity contribution in [2.75, 3.05) is 23.7 Å². The molecule has 0 amide bonds. The second-order valence-electron chi connectivity index (χ2n) is 6.50. The van der Waals surface area contributed by atoms with Gasteiger partial charge in [-0.2, -0.15) is 0 Å². The van der Waals surface area contributed by atoms with Crippen molar-refractivity contribution in [1.29, 1.82) is 0 Å². The maximum Gasteiger partial charge on any atom is 0.134 e. The van der Waals surface area contributed by atoms with E-state index in [2.05, 4.69) is 48.3 Å². The van der Waals surface area contributed by atoms with Crippen LogP contribution in [0.5, 0.6) is 0 Å². The number of nitrogens with one attached hydrogen (secondary N) is 2. The Morgan fingerprint density at radius 1 is 1.15 bits per heavy atom. The molecular weight excluding hydrogens is 248 g/mol. The number of anilines is 2. The van der Waals surface area contributed by atoms with Gasteiger partial charge in [0, 0.05) is 18.7 Å². The smallest absolute Gasteiger partial charge is 0.134 e. The first-order valence-electron chi connectivity index (χ1n) is 7.90. The SMILES string of the molecule is CCCNc1ncnc(NCC2CC2(C)C)c1CCC. The molecule has 20 heavy (non-hydrogen) atoms. The minimum absolute atomic E-state index is 0.508. The summed E-state index contributed by atoms with van der Waals surface area (Å²) < 4.78 is 0. The Bertz CT molecular complexity index is 442. The van der Waals surface area contributed by atoms with Crippen molar-refractivity contribution in [2.45, 2.75) is 53.4 Å². The van der Waals surface area contributed by atoms with Gasteiger partial charge >= 0.3 is 0 Å². The lowest BCUT2D eigenvalue weighted by Crippen LogP contribution is -2.13. The van der Waals surface area contributed by atoms with Crippen LogP contribution in [0.1, 0.15) is 52.5 Å². The Morgan fingerprint density at radius 2 is 1.80 bits per heavy atom. The molecule has 0 saturated heterocycles. The van der Waals surface area contributed by atoms with Crippen LogP contribution in [-0.2, 0) is 6.42 Å². The number of hydrogen-bond donors (Lipinski definition) is 2. The van der Waals surface area contributed by atoms with E-state index in [4.69, 9.17) is 0 Å². The van der Waals surface area contributed by atoms with E-state index < -0.39 is 0 Å². The summed E-state index contributed by atoms with van der Waals surface area (Å²) in [6, 6.07) is 0. The molecule has 0 spiro atoms. The molecule has 1 saturated carbocycles. The summed E-state index contributed by atoms with van der Waals surface area (Å²) in [5.41, 5.74) is 1.75. The minimum Gasteiger partial charge on any atom is -0.370 e. The predicted molar refractivity (Wildman–Crippen MR) is 85.2 cm³/mol. The Labute approximate surface area is 122 Å². The molecule has 112 valence electrons. The molecule has 1 aliphatic rings. The highest BCUT2D eigenvalue weighted by atomic mass is 15.1. The summed E-state index contributed by atoms with van der Waals surface area (Å²) in [6.07, 6.45) is 6.21. The third kappa shape index (κ3) is 3.62. The van der Waals surface area contributed by atoms with Crippen molar-refractivity contribution in [1.82, 2.24) is 9.97 Å². The van der Waals surface area contributed by atoms with E-state index in [0.29, 0.717) is 5.41 Å². The summed E-state index contributed by atoms with van der Waals surface area (Å²) in [7, 11) is 0. The summed E-state index contributed by atoms with van der Waals surface area (Å²) in [6.45, 7) is 11.0. The van der Waals surface area contributed by atoms with Gasteiger partial charge in [-0.3, -0.25) is 0 Å². The Morgan fingerprint density at radius 3 is 2.35 bits per heavy atom. The maximum atomic E-state index is 4.45. The van der Waals surface area contributed by atoms with Crippen LogP contribution in [0, 0.1) is 11.3 Å². The zero-order valence-corrected chi connectivity index (χ0v) is 13.3. The molecule has 1 aromatic rings.